The van der Waals surface area contributed by atoms with Gasteiger partial charge in [-0.3, -0.25) is 0 Å². The van der Waals surface area contributed by atoms with Gasteiger partial charge in [-0.2, -0.15) is 0 Å². The number of hydrogen-bond acceptors (Lipinski definition) is 4. The van der Waals surface area contributed by atoms with E-state index >= 15 is 0 Å². The van der Waals surface area contributed by atoms with Crippen LogP contribution in [0.2, 0.25) is 0 Å². The van der Waals surface area contributed by atoms with Crippen LogP contribution in [0.25, 0.3) is 0 Å². The summed E-state index contributed by atoms with van der Waals surface area (Å²) in [5.41, 5.74) is 0.834. The topological polar surface area (TPSA) is 45.8 Å². The second-order valence-corrected chi connectivity index (χ2v) is 6.76. The molecule has 1 aliphatic rings. The number of anilines is 1. The zero-order valence-electron chi connectivity index (χ0n) is 14.9. The normalized spacial score (nSPS) is 18.0. The van der Waals surface area contributed by atoms with E-state index in [9.17, 15) is 0 Å². The van der Waals surface area contributed by atoms with Gasteiger partial charge in [-0.25, -0.2) is 0 Å². The van der Waals surface area contributed by atoms with Crippen LogP contribution in [0.15, 0.2) is 18.2 Å². The highest BCUT2D eigenvalue weighted by Gasteiger charge is 2.15. The van der Waals surface area contributed by atoms with E-state index in [1.54, 1.807) is 14.2 Å². The average Bonchev–Trinajstić information content (AvgIpc) is 2.59. The lowest BCUT2D eigenvalue weighted by molar-refractivity contribution is 0.182. The number of piperidine rings is 1. The highest BCUT2D eigenvalue weighted by atomic mass is 32.1. The first kappa shape index (κ1) is 18.8. The monoisotopic (exact) mass is 351 g/mol. The first-order valence-electron chi connectivity index (χ1n) is 8.61. The molecule has 0 unspecified atom stereocenters. The molecule has 1 aromatic rings. The van der Waals surface area contributed by atoms with Crippen LogP contribution in [-0.4, -0.2) is 50.4 Å². The van der Waals surface area contributed by atoms with Crippen molar-refractivity contribution in [2.45, 2.75) is 26.2 Å². The van der Waals surface area contributed by atoms with E-state index in [-0.39, 0.29) is 0 Å². The minimum absolute atomic E-state index is 0.616. The zero-order chi connectivity index (χ0) is 17.4. The fourth-order valence-electron chi connectivity index (χ4n) is 3.06. The Morgan fingerprint density at radius 2 is 2.17 bits per heavy atom. The summed E-state index contributed by atoms with van der Waals surface area (Å²) < 4.78 is 10.6. The molecule has 2 N–H and O–H groups in total. The lowest BCUT2D eigenvalue weighted by Crippen LogP contribution is -2.37. The first-order valence-corrected chi connectivity index (χ1v) is 9.02. The van der Waals surface area contributed by atoms with Gasteiger partial charge in [0.1, 0.15) is 11.5 Å². The number of hydrogen-bond donors (Lipinski definition) is 2. The van der Waals surface area contributed by atoms with Crippen LogP contribution >= 0.6 is 12.2 Å². The summed E-state index contributed by atoms with van der Waals surface area (Å²) in [6.07, 6.45) is 3.78. The summed E-state index contributed by atoms with van der Waals surface area (Å²) in [5, 5.41) is 7.07. The largest absolute Gasteiger partial charge is 0.497 e. The minimum atomic E-state index is 0.616. The van der Waals surface area contributed by atoms with E-state index in [0.717, 1.165) is 36.9 Å². The predicted molar refractivity (Wildman–Crippen MR) is 103 cm³/mol. The van der Waals surface area contributed by atoms with Gasteiger partial charge in [0, 0.05) is 19.2 Å². The van der Waals surface area contributed by atoms with Gasteiger partial charge < -0.3 is 25.0 Å². The lowest BCUT2D eigenvalue weighted by atomic mass is 10.0. The Balaban J connectivity index is 1.71. The molecule has 1 heterocycles. The third-order valence-electron chi connectivity index (χ3n) is 4.33. The van der Waals surface area contributed by atoms with E-state index in [1.807, 2.05) is 18.2 Å². The Bertz CT molecular complexity index is 539. The molecule has 0 aliphatic carbocycles. The second-order valence-electron chi connectivity index (χ2n) is 6.35. The Kier molecular flexibility index (Phi) is 7.59. The van der Waals surface area contributed by atoms with E-state index in [2.05, 4.69) is 22.5 Å². The molecule has 0 aromatic heterocycles. The summed E-state index contributed by atoms with van der Waals surface area (Å²) in [7, 11) is 3.27. The maximum Gasteiger partial charge on any atom is 0.170 e. The smallest absolute Gasteiger partial charge is 0.170 e. The molecule has 2 rings (SSSR count). The molecule has 1 saturated heterocycles. The number of rotatable bonds is 7. The average molecular weight is 352 g/mol. The molecule has 24 heavy (non-hydrogen) atoms. The molecule has 1 aliphatic heterocycles. The molecule has 134 valence electrons. The molecule has 0 bridgehead atoms. The fraction of sp³-hybridized carbons (Fsp3) is 0.611. The van der Waals surface area contributed by atoms with Crippen molar-refractivity contribution in [2.24, 2.45) is 5.92 Å². The number of likely N-dealkylation sites (tertiary alicyclic amines) is 1. The van der Waals surface area contributed by atoms with Crippen molar-refractivity contribution < 1.29 is 9.47 Å². The van der Waals surface area contributed by atoms with Gasteiger partial charge in [0.2, 0.25) is 0 Å². The van der Waals surface area contributed by atoms with Gasteiger partial charge in [0.25, 0.3) is 0 Å². The highest BCUT2D eigenvalue weighted by molar-refractivity contribution is 7.80. The molecular formula is C18H29N3O2S. The van der Waals surface area contributed by atoms with Crippen LogP contribution in [0, 0.1) is 5.92 Å². The molecule has 0 radical (unpaired) electrons. The molecule has 6 heteroatoms. The second kappa shape index (κ2) is 9.69. The third kappa shape index (κ3) is 5.83. The summed E-state index contributed by atoms with van der Waals surface area (Å²) in [6, 6.07) is 5.62. The van der Waals surface area contributed by atoms with Crippen molar-refractivity contribution in [3.05, 3.63) is 18.2 Å². The van der Waals surface area contributed by atoms with E-state index in [4.69, 9.17) is 21.7 Å². The highest BCUT2D eigenvalue weighted by Crippen LogP contribution is 2.28. The molecule has 1 aromatic carbocycles. The molecular weight excluding hydrogens is 322 g/mol. The van der Waals surface area contributed by atoms with Gasteiger partial charge in [0.05, 0.1) is 19.9 Å². The van der Waals surface area contributed by atoms with Crippen molar-refractivity contribution >= 4 is 23.0 Å². The molecule has 0 saturated carbocycles. The Morgan fingerprint density at radius 1 is 1.33 bits per heavy atom. The van der Waals surface area contributed by atoms with Crippen LogP contribution in [-0.2, 0) is 0 Å². The zero-order valence-corrected chi connectivity index (χ0v) is 15.7. The molecule has 1 atom stereocenters. The van der Waals surface area contributed by atoms with Crippen LogP contribution < -0.4 is 20.1 Å². The van der Waals surface area contributed by atoms with Crippen molar-refractivity contribution in [1.29, 1.82) is 0 Å². The van der Waals surface area contributed by atoms with Gasteiger partial charge in [-0.15, -0.1) is 0 Å². The predicted octanol–water partition coefficient (Wildman–Crippen LogP) is 3.11. The molecule has 0 spiro atoms. The van der Waals surface area contributed by atoms with Crippen LogP contribution in [0.3, 0.4) is 0 Å². The summed E-state index contributed by atoms with van der Waals surface area (Å²) in [6.45, 7) is 6.80. The minimum Gasteiger partial charge on any atom is -0.497 e. The van der Waals surface area contributed by atoms with E-state index in [1.165, 1.54) is 25.9 Å². The number of thiocarbonyl (C=S) groups is 1. The number of ether oxygens (including phenoxy) is 2. The van der Waals surface area contributed by atoms with Gasteiger partial charge in [-0.1, -0.05) is 6.92 Å². The van der Waals surface area contributed by atoms with Gasteiger partial charge in [0.15, 0.2) is 5.11 Å². The molecule has 1 fully saturated rings. The SMILES string of the molecule is COc1ccc(NC(=S)NCCCN2CCC[C@@H](C)C2)c(OC)c1. The maximum atomic E-state index is 5.37. The van der Waals surface area contributed by atoms with Crippen LogP contribution in [0.1, 0.15) is 26.2 Å². The van der Waals surface area contributed by atoms with Gasteiger partial charge in [-0.05, 0) is 62.6 Å². The number of nitrogens with zero attached hydrogens (tertiary/aromatic N) is 1. The fourth-order valence-corrected chi connectivity index (χ4v) is 3.27. The standard InChI is InChI=1S/C18H29N3O2S/c1-14-6-4-10-21(13-14)11-5-9-19-18(24)20-16-8-7-15(22-2)12-17(16)23-3/h7-8,12,14H,4-6,9-11,13H2,1-3H3,(H2,19,20,24)/t14-/m1/s1. The number of methoxy groups -OCH3 is 2. The number of nitrogens with one attached hydrogen (secondary N) is 2. The first-order chi connectivity index (χ1) is 11.6. The van der Waals surface area contributed by atoms with Crippen molar-refractivity contribution in [3.8, 4) is 11.5 Å². The third-order valence-corrected chi connectivity index (χ3v) is 4.58. The summed E-state index contributed by atoms with van der Waals surface area (Å²) in [4.78, 5) is 2.55. The van der Waals surface area contributed by atoms with Crippen LogP contribution in [0.5, 0.6) is 11.5 Å². The Morgan fingerprint density at radius 3 is 2.88 bits per heavy atom. The Hall–Kier alpha value is -1.53. The summed E-state index contributed by atoms with van der Waals surface area (Å²) >= 11 is 5.37. The van der Waals surface area contributed by atoms with E-state index < -0.39 is 0 Å². The van der Waals surface area contributed by atoms with Crippen molar-refractivity contribution in [1.82, 2.24) is 10.2 Å². The Labute approximate surface area is 150 Å². The van der Waals surface area contributed by atoms with Gasteiger partial charge >= 0.3 is 0 Å². The van der Waals surface area contributed by atoms with E-state index in [0.29, 0.717) is 10.9 Å². The van der Waals surface area contributed by atoms with Crippen molar-refractivity contribution in [2.75, 3.05) is 45.7 Å². The molecule has 5 nitrogen and oxygen atoms in total. The maximum absolute atomic E-state index is 5.37. The van der Waals surface area contributed by atoms with Crippen LogP contribution in [0.4, 0.5) is 5.69 Å². The van der Waals surface area contributed by atoms with Crippen molar-refractivity contribution in [3.63, 3.8) is 0 Å². The lowest BCUT2D eigenvalue weighted by Gasteiger charge is -2.30. The quantitative estimate of drug-likeness (QED) is 0.581. The summed E-state index contributed by atoms with van der Waals surface area (Å²) in [5.74, 6) is 2.30. The molecule has 0 amide bonds. The number of benzene rings is 1.